The van der Waals surface area contributed by atoms with Crippen LogP contribution in [0.25, 0.3) is 0 Å². The van der Waals surface area contributed by atoms with Gasteiger partial charge < -0.3 is 10.4 Å². The van der Waals surface area contributed by atoms with Crippen LogP contribution in [0.5, 0.6) is 0 Å². The van der Waals surface area contributed by atoms with E-state index in [1.807, 2.05) is 6.92 Å². The molecule has 0 saturated carbocycles. The quantitative estimate of drug-likeness (QED) is 0.552. The van der Waals surface area contributed by atoms with Crippen molar-refractivity contribution < 1.29 is 5.11 Å². The molecule has 0 aliphatic rings. The fourth-order valence-electron chi connectivity index (χ4n) is 0.614. The highest BCUT2D eigenvalue weighted by molar-refractivity contribution is 5.17. The topological polar surface area (TPSA) is 32.3 Å². The molecule has 0 aromatic rings. The second-order valence-corrected chi connectivity index (χ2v) is 1.95. The third-order valence-electron chi connectivity index (χ3n) is 1.19. The van der Waals surface area contributed by atoms with Crippen molar-refractivity contribution in [2.45, 2.75) is 6.92 Å². The van der Waals surface area contributed by atoms with Crippen LogP contribution >= 0.6 is 0 Å². The predicted octanol–water partition coefficient (Wildman–Crippen LogP) is 0.701. The fraction of sp³-hybridized carbons (Fsp3) is 0.500. The van der Waals surface area contributed by atoms with Crippen LogP contribution in [-0.4, -0.2) is 24.8 Å². The van der Waals surface area contributed by atoms with Gasteiger partial charge in [0.15, 0.2) is 0 Å². The molecule has 0 bridgehead atoms. The molecule has 0 rings (SSSR count). The number of likely N-dealkylation sites (N-methyl/N-ethyl adjacent to an activating group) is 1. The molecule has 0 saturated heterocycles. The lowest BCUT2D eigenvalue weighted by Gasteiger charge is -2.00. The van der Waals surface area contributed by atoms with Gasteiger partial charge in [-0.2, -0.15) is 0 Å². The number of hydrogen-bond donors (Lipinski definition) is 2. The van der Waals surface area contributed by atoms with E-state index >= 15 is 0 Å². The molecule has 2 heteroatoms. The summed E-state index contributed by atoms with van der Waals surface area (Å²) in [5.74, 6) is 0. The van der Waals surface area contributed by atoms with E-state index in [-0.39, 0.29) is 6.61 Å². The average Bonchev–Trinajstić information content (AvgIpc) is 1.98. The van der Waals surface area contributed by atoms with Crippen molar-refractivity contribution in [1.82, 2.24) is 5.32 Å². The third kappa shape index (κ3) is 4.30. The van der Waals surface area contributed by atoms with E-state index in [9.17, 15) is 0 Å². The molecule has 0 amide bonds. The van der Waals surface area contributed by atoms with Crippen LogP contribution in [0.3, 0.4) is 0 Å². The lowest BCUT2D eigenvalue weighted by atomic mass is 10.2. The highest BCUT2D eigenvalue weighted by atomic mass is 16.2. The van der Waals surface area contributed by atoms with Gasteiger partial charge in [-0.05, 0) is 12.1 Å². The smallest absolute Gasteiger partial charge is 0.0618 e. The lowest BCUT2D eigenvalue weighted by molar-refractivity contribution is 0.342. The Morgan fingerprint density at radius 2 is 2.40 bits per heavy atom. The standard InChI is InChI=1S/C8H15NO/c1-3-8(5-6-10)7-9-4-2/h3,5,9-10H,1,4,6-7H2,2H3/b8-5+. The molecule has 0 atom stereocenters. The van der Waals surface area contributed by atoms with Gasteiger partial charge >= 0.3 is 0 Å². The summed E-state index contributed by atoms with van der Waals surface area (Å²) in [4.78, 5) is 0. The van der Waals surface area contributed by atoms with E-state index in [0.717, 1.165) is 18.7 Å². The van der Waals surface area contributed by atoms with Gasteiger partial charge in [0.05, 0.1) is 6.61 Å². The van der Waals surface area contributed by atoms with Crippen LogP contribution in [0.1, 0.15) is 6.92 Å². The summed E-state index contributed by atoms with van der Waals surface area (Å²) in [6.07, 6.45) is 3.49. The van der Waals surface area contributed by atoms with E-state index in [4.69, 9.17) is 5.11 Å². The zero-order valence-corrected chi connectivity index (χ0v) is 6.43. The second kappa shape index (κ2) is 6.52. The Labute approximate surface area is 62.3 Å². The van der Waals surface area contributed by atoms with Crippen molar-refractivity contribution in [3.05, 3.63) is 24.3 Å². The van der Waals surface area contributed by atoms with Crippen LogP contribution in [0.4, 0.5) is 0 Å². The van der Waals surface area contributed by atoms with E-state index in [0.29, 0.717) is 0 Å². The molecule has 0 aromatic carbocycles. The first-order chi connectivity index (χ1) is 4.85. The Bertz CT molecular complexity index is 118. The molecule has 0 unspecified atom stereocenters. The number of nitrogens with one attached hydrogen (secondary N) is 1. The van der Waals surface area contributed by atoms with Crippen LogP contribution < -0.4 is 5.32 Å². The number of rotatable bonds is 5. The van der Waals surface area contributed by atoms with E-state index < -0.39 is 0 Å². The number of aliphatic hydroxyl groups excluding tert-OH is 1. The van der Waals surface area contributed by atoms with Crippen molar-refractivity contribution >= 4 is 0 Å². The largest absolute Gasteiger partial charge is 0.392 e. The normalized spacial score (nSPS) is 11.6. The summed E-state index contributed by atoms with van der Waals surface area (Å²) < 4.78 is 0. The molecule has 2 nitrogen and oxygen atoms in total. The Balaban J connectivity index is 3.60. The summed E-state index contributed by atoms with van der Waals surface area (Å²) in [5, 5.41) is 11.6. The molecule has 10 heavy (non-hydrogen) atoms. The molecule has 0 radical (unpaired) electrons. The molecule has 0 spiro atoms. The van der Waals surface area contributed by atoms with Gasteiger partial charge in [0.25, 0.3) is 0 Å². The van der Waals surface area contributed by atoms with E-state index in [2.05, 4.69) is 11.9 Å². The van der Waals surface area contributed by atoms with Crippen molar-refractivity contribution in [3.63, 3.8) is 0 Å². The Hall–Kier alpha value is -0.600. The van der Waals surface area contributed by atoms with Crippen molar-refractivity contribution in [2.24, 2.45) is 0 Å². The van der Waals surface area contributed by atoms with Gasteiger partial charge in [0, 0.05) is 6.54 Å². The maximum Gasteiger partial charge on any atom is 0.0618 e. The molecule has 0 heterocycles. The first kappa shape index (κ1) is 9.40. The van der Waals surface area contributed by atoms with Crippen LogP contribution in [0.15, 0.2) is 24.3 Å². The first-order valence-electron chi connectivity index (χ1n) is 3.48. The summed E-state index contributed by atoms with van der Waals surface area (Å²) in [6.45, 7) is 7.48. The third-order valence-corrected chi connectivity index (χ3v) is 1.19. The minimum Gasteiger partial charge on any atom is -0.392 e. The highest BCUT2D eigenvalue weighted by Gasteiger charge is 1.87. The summed E-state index contributed by atoms with van der Waals surface area (Å²) in [5.41, 5.74) is 1.05. The molecule has 58 valence electrons. The highest BCUT2D eigenvalue weighted by Crippen LogP contribution is 1.91. The average molecular weight is 141 g/mol. The van der Waals surface area contributed by atoms with Crippen molar-refractivity contribution in [1.29, 1.82) is 0 Å². The van der Waals surface area contributed by atoms with Crippen LogP contribution in [0.2, 0.25) is 0 Å². The predicted molar refractivity (Wildman–Crippen MR) is 43.9 cm³/mol. The van der Waals surface area contributed by atoms with Gasteiger partial charge in [0.2, 0.25) is 0 Å². The molecular formula is C8H15NO. The molecule has 0 fully saturated rings. The molecule has 0 aliphatic carbocycles. The van der Waals surface area contributed by atoms with Gasteiger partial charge in [0.1, 0.15) is 0 Å². The van der Waals surface area contributed by atoms with Crippen molar-refractivity contribution in [2.75, 3.05) is 19.7 Å². The van der Waals surface area contributed by atoms with Gasteiger partial charge in [-0.3, -0.25) is 0 Å². The SMILES string of the molecule is C=C/C(=C\CO)CNCC. The minimum absolute atomic E-state index is 0.0900. The number of aliphatic hydroxyl groups is 1. The maximum absolute atomic E-state index is 8.52. The Kier molecular flexibility index (Phi) is 6.13. The summed E-state index contributed by atoms with van der Waals surface area (Å²) >= 11 is 0. The number of hydrogen-bond acceptors (Lipinski definition) is 2. The lowest BCUT2D eigenvalue weighted by Crippen LogP contribution is -2.15. The Morgan fingerprint density at radius 1 is 1.70 bits per heavy atom. The summed E-state index contributed by atoms with van der Waals surface area (Å²) in [6, 6.07) is 0. The monoisotopic (exact) mass is 141 g/mol. The fourth-order valence-corrected chi connectivity index (χ4v) is 0.614. The second-order valence-electron chi connectivity index (χ2n) is 1.95. The van der Waals surface area contributed by atoms with Crippen molar-refractivity contribution in [3.8, 4) is 0 Å². The molecule has 0 aromatic heterocycles. The molecular weight excluding hydrogens is 126 g/mol. The zero-order valence-electron chi connectivity index (χ0n) is 6.43. The minimum atomic E-state index is 0.0900. The van der Waals surface area contributed by atoms with Gasteiger partial charge in [-0.25, -0.2) is 0 Å². The first-order valence-corrected chi connectivity index (χ1v) is 3.48. The van der Waals surface area contributed by atoms with Crippen LogP contribution in [0, 0.1) is 0 Å². The maximum atomic E-state index is 8.52. The molecule has 0 aliphatic heterocycles. The van der Waals surface area contributed by atoms with E-state index in [1.165, 1.54) is 0 Å². The van der Waals surface area contributed by atoms with Gasteiger partial charge in [-0.15, -0.1) is 0 Å². The Morgan fingerprint density at radius 3 is 2.80 bits per heavy atom. The molecule has 2 N–H and O–H groups in total. The van der Waals surface area contributed by atoms with E-state index in [1.54, 1.807) is 12.2 Å². The summed E-state index contributed by atoms with van der Waals surface area (Å²) in [7, 11) is 0. The van der Waals surface area contributed by atoms with Gasteiger partial charge in [-0.1, -0.05) is 25.7 Å². The van der Waals surface area contributed by atoms with Crippen LogP contribution in [-0.2, 0) is 0 Å². The zero-order chi connectivity index (χ0) is 7.82.